The van der Waals surface area contributed by atoms with Gasteiger partial charge in [0.05, 0.1) is 5.56 Å². The van der Waals surface area contributed by atoms with Crippen molar-refractivity contribution in [2.24, 2.45) is 5.73 Å². The summed E-state index contributed by atoms with van der Waals surface area (Å²) in [6, 6.07) is 0.979. The Morgan fingerprint density at radius 2 is 1.85 bits per heavy atom. The van der Waals surface area contributed by atoms with Crippen LogP contribution in [0.4, 0.5) is 20.8 Å². The Bertz CT molecular complexity index is 712. The van der Waals surface area contributed by atoms with Gasteiger partial charge in [0, 0.05) is 24.7 Å². The minimum atomic E-state index is -0.924. The van der Waals surface area contributed by atoms with Crippen molar-refractivity contribution in [2.45, 2.75) is 64.1 Å². The second-order valence-corrected chi connectivity index (χ2v) is 7.80. The molecule has 2 rings (SSSR count). The molecule has 1 aromatic rings. The van der Waals surface area contributed by atoms with Crippen LogP contribution < -0.4 is 16.4 Å². The van der Waals surface area contributed by atoms with Gasteiger partial charge in [0.25, 0.3) is 5.91 Å². The summed E-state index contributed by atoms with van der Waals surface area (Å²) in [5.41, 5.74) is 4.75. The number of pyridine rings is 1. The molecule has 0 aliphatic heterocycles. The number of rotatable bonds is 5. The van der Waals surface area contributed by atoms with Crippen LogP contribution in [0, 0.1) is 5.82 Å². The molecule has 9 heteroatoms. The van der Waals surface area contributed by atoms with E-state index in [-0.39, 0.29) is 29.3 Å². The van der Waals surface area contributed by atoms with Gasteiger partial charge in [-0.3, -0.25) is 4.79 Å². The minimum absolute atomic E-state index is 0.00784. The molecule has 5 N–H and O–H groups in total. The SMILES string of the molecule is CNc1nc(NC2CCC(N(C(=O)O)C(C)(C)C)CC2)c(F)cc1C(N)=O. The predicted octanol–water partition coefficient (Wildman–Crippen LogP) is 2.86. The third-order valence-electron chi connectivity index (χ3n) is 4.81. The zero-order chi connectivity index (χ0) is 20.4. The summed E-state index contributed by atoms with van der Waals surface area (Å²) in [7, 11) is 1.58. The molecular weight excluding hydrogens is 353 g/mol. The van der Waals surface area contributed by atoms with Crippen LogP contribution in [0.1, 0.15) is 56.8 Å². The molecule has 27 heavy (non-hydrogen) atoms. The Morgan fingerprint density at radius 3 is 2.30 bits per heavy atom. The number of nitrogens with zero attached hydrogens (tertiary/aromatic N) is 2. The summed E-state index contributed by atoms with van der Waals surface area (Å²) < 4.78 is 14.3. The molecule has 0 saturated heterocycles. The predicted molar refractivity (Wildman–Crippen MR) is 102 cm³/mol. The molecule has 2 amide bonds. The highest BCUT2D eigenvalue weighted by atomic mass is 19.1. The largest absolute Gasteiger partial charge is 0.465 e. The average Bonchev–Trinajstić information content (AvgIpc) is 2.56. The standard InChI is InChI=1S/C18H28FN5O3/c1-18(2,3)24(17(26)27)11-7-5-10(6-8-11)22-16-13(19)9-12(14(20)25)15(21-4)23-16/h9-11H,5-8H2,1-4H3,(H2,20,25)(H,26,27)(H2,21,22,23). The van der Waals surface area contributed by atoms with Gasteiger partial charge in [-0.25, -0.2) is 14.2 Å². The van der Waals surface area contributed by atoms with Crippen LogP contribution in [0.25, 0.3) is 0 Å². The lowest BCUT2D eigenvalue weighted by Crippen LogP contribution is -2.52. The highest BCUT2D eigenvalue weighted by molar-refractivity contribution is 5.97. The fraction of sp³-hybridized carbons (Fsp3) is 0.611. The Hall–Kier alpha value is -2.58. The van der Waals surface area contributed by atoms with Gasteiger partial charge in [0.1, 0.15) is 5.82 Å². The number of anilines is 2. The van der Waals surface area contributed by atoms with Crippen molar-refractivity contribution in [3.63, 3.8) is 0 Å². The van der Waals surface area contributed by atoms with Gasteiger partial charge in [-0.05, 0) is 52.5 Å². The number of hydrogen-bond donors (Lipinski definition) is 4. The first kappa shape index (κ1) is 20.7. The second-order valence-electron chi connectivity index (χ2n) is 7.80. The van der Waals surface area contributed by atoms with Gasteiger partial charge in [-0.2, -0.15) is 0 Å². The first-order valence-corrected chi connectivity index (χ1v) is 9.01. The lowest BCUT2D eigenvalue weighted by Gasteiger charge is -2.42. The second kappa shape index (κ2) is 7.98. The Kier molecular flexibility index (Phi) is 6.12. The Morgan fingerprint density at radius 1 is 1.26 bits per heavy atom. The summed E-state index contributed by atoms with van der Waals surface area (Å²) in [5, 5.41) is 15.3. The number of carbonyl (C=O) groups is 2. The molecule has 1 aromatic heterocycles. The molecule has 1 fully saturated rings. The maximum atomic E-state index is 14.3. The number of nitrogens with two attached hydrogens (primary N) is 1. The van der Waals surface area contributed by atoms with Gasteiger partial charge in [-0.15, -0.1) is 0 Å². The molecule has 1 aliphatic carbocycles. The summed E-state index contributed by atoms with van der Waals surface area (Å²) in [4.78, 5) is 28.6. The summed E-state index contributed by atoms with van der Waals surface area (Å²) in [5.74, 6) is -1.14. The van der Waals surface area contributed by atoms with Gasteiger partial charge in [-0.1, -0.05) is 0 Å². The van der Waals surface area contributed by atoms with Crippen LogP contribution in [-0.4, -0.2) is 51.7 Å². The van der Waals surface area contributed by atoms with Crippen LogP contribution >= 0.6 is 0 Å². The summed E-state index contributed by atoms with van der Waals surface area (Å²) >= 11 is 0. The van der Waals surface area contributed by atoms with Crippen LogP contribution in [0.5, 0.6) is 0 Å². The van der Waals surface area contributed by atoms with Gasteiger partial charge < -0.3 is 26.4 Å². The molecule has 0 unspecified atom stereocenters. The van der Waals surface area contributed by atoms with E-state index in [4.69, 9.17) is 5.73 Å². The molecule has 0 aromatic carbocycles. The van der Waals surface area contributed by atoms with E-state index in [1.807, 2.05) is 20.8 Å². The van der Waals surface area contributed by atoms with E-state index in [9.17, 15) is 19.1 Å². The van der Waals surface area contributed by atoms with Crippen LogP contribution in [0.3, 0.4) is 0 Å². The molecule has 0 atom stereocenters. The number of amides is 2. The molecule has 0 radical (unpaired) electrons. The van der Waals surface area contributed by atoms with Crippen molar-refractivity contribution >= 4 is 23.6 Å². The molecule has 0 bridgehead atoms. The fourth-order valence-corrected chi connectivity index (χ4v) is 3.63. The normalized spacial score (nSPS) is 20.0. The number of halogens is 1. The maximum absolute atomic E-state index is 14.3. The highest BCUT2D eigenvalue weighted by Crippen LogP contribution is 2.30. The van der Waals surface area contributed by atoms with Gasteiger partial charge >= 0.3 is 6.09 Å². The first-order chi connectivity index (χ1) is 12.5. The van der Waals surface area contributed by atoms with Crippen molar-refractivity contribution in [3.8, 4) is 0 Å². The van der Waals surface area contributed by atoms with Crippen LogP contribution in [0.15, 0.2) is 6.07 Å². The maximum Gasteiger partial charge on any atom is 0.407 e. The van der Waals surface area contributed by atoms with E-state index in [0.29, 0.717) is 25.7 Å². The molecule has 8 nitrogen and oxygen atoms in total. The number of primary amides is 1. The molecule has 1 heterocycles. The van der Waals surface area contributed by atoms with Crippen molar-refractivity contribution in [1.82, 2.24) is 9.88 Å². The summed E-state index contributed by atoms with van der Waals surface area (Å²) in [6.07, 6.45) is 1.82. The Balaban J connectivity index is 2.08. The highest BCUT2D eigenvalue weighted by Gasteiger charge is 2.35. The number of nitrogens with one attached hydrogen (secondary N) is 2. The van der Waals surface area contributed by atoms with E-state index in [1.54, 1.807) is 7.05 Å². The number of carboxylic acid groups (broad SMARTS) is 1. The molecule has 150 valence electrons. The third-order valence-corrected chi connectivity index (χ3v) is 4.81. The topological polar surface area (TPSA) is 121 Å². The summed E-state index contributed by atoms with van der Waals surface area (Å²) in [6.45, 7) is 5.64. The number of hydrogen-bond acceptors (Lipinski definition) is 5. The van der Waals surface area contributed by atoms with Crippen molar-refractivity contribution in [1.29, 1.82) is 0 Å². The van der Waals surface area contributed by atoms with E-state index in [2.05, 4.69) is 15.6 Å². The smallest absolute Gasteiger partial charge is 0.407 e. The average molecular weight is 381 g/mol. The van der Waals surface area contributed by atoms with E-state index >= 15 is 0 Å². The van der Waals surface area contributed by atoms with Crippen molar-refractivity contribution in [2.75, 3.05) is 17.7 Å². The Labute approximate surface area is 158 Å². The van der Waals surface area contributed by atoms with Crippen LogP contribution in [-0.2, 0) is 0 Å². The number of carbonyl (C=O) groups excluding carboxylic acids is 1. The minimum Gasteiger partial charge on any atom is -0.465 e. The first-order valence-electron chi connectivity index (χ1n) is 9.01. The molecule has 0 spiro atoms. The van der Waals surface area contributed by atoms with Gasteiger partial charge in [0.15, 0.2) is 11.6 Å². The van der Waals surface area contributed by atoms with E-state index in [1.165, 1.54) is 4.90 Å². The number of aromatic nitrogens is 1. The fourth-order valence-electron chi connectivity index (χ4n) is 3.63. The molecular formula is C18H28FN5O3. The quantitative estimate of drug-likeness (QED) is 0.622. The lowest BCUT2D eigenvalue weighted by atomic mass is 9.88. The zero-order valence-corrected chi connectivity index (χ0v) is 16.2. The lowest BCUT2D eigenvalue weighted by molar-refractivity contribution is 0.0556. The molecule has 1 aliphatic rings. The van der Waals surface area contributed by atoms with Crippen LogP contribution in [0.2, 0.25) is 0 Å². The zero-order valence-electron chi connectivity index (χ0n) is 16.2. The van der Waals surface area contributed by atoms with Crippen molar-refractivity contribution in [3.05, 3.63) is 17.4 Å². The monoisotopic (exact) mass is 381 g/mol. The van der Waals surface area contributed by atoms with Crippen molar-refractivity contribution < 1.29 is 19.1 Å². The molecule has 1 saturated carbocycles. The van der Waals surface area contributed by atoms with E-state index in [0.717, 1.165) is 6.07 Å². The third kappa shape index (κ3) is 4.78. The van der Waals surface area contributed by atoms with Gasteiger partial charge in [0.2, 0.25) is 0 Å². The van der Waals surface area contributed by atoms with E-state index < -0.39 is 23.4 Å².